The summed E-state index contributed by atoms with van der Waals surface area (Å²) in [6.07, 6.45) is 32.2. The van der Waals surface area contributed by atoms with E-state index in [2.05, 4.69) is 13.8 Å². The second-order valence-corrected chi connectivity index (χ2v) is 14.2. The van der Waals surface area contributed by atoms with Gasteiger partial charge in [0.25, 0.3) is 0 Å². The smallest absolute Gasteiger partial charge is 0.337 e. The first-order valence-corrected chi connectivity index (χ1v) is 19.6. The van der Waals surface area contributed by atoms with Crippen LogP contribution in [0.1, 0.15) is 219 Å². The largest absolute Gasteiger partial charge is 0.481 e. The van der Waals surface area contributed by atoms with Crippen LogP contribution in [0.4, 0.5) is 0 Å². The van der Waals surface area contributed by atoms with Crippen LogP contribution in [-0.4, -0.2) is 43.9 Å². The Hall–Kier alpha value is -1.63. The van der Waals surface area contributed by atoms with Gasteiger partial charge in [-0.25, -0.2) is 4.79 Å². The summed E-state index contributed by atoms with van der Waals surface area (Å²) >= 11 is 0. The van der Waals surface area contributed by atoms with Crippen molar-refractivity contribution >= 4 is 17.9 Å². The van der Waals surface area contributed by atoms with Crippen LogP contribution in [-0.2, 0) is 14.4 Å². The molecule has 2 atom stereocenters. The average molecular weight is 655 g/mol. The molecule has 0 aromatic carbocycles. The van der Waals surface area contributed by atoms with Gasteiger partial charge in [0.05, 0.1) is 6.42 Å². The normalized spacial score (nSPS) is 14.2. The van der Waals surface area contributed by atoms with Gasteiger partial charge in [-0.15, -0.1) is 0 Å². The van der Waals surface area contributed by atoms with Crippen LogP contribution in [0.2, 0.25) is 0 Å². The highest BCUT2D eigenvalue weighted by Gasteiger charge is 2.61. The average Bonchev–Trinajstić information content (AvgIpc) is 3.01. The molecular weight excluding hydrogens is 580 g/mol. The Morgan fingerprint density at radius 3 is 0.826 bits per heavy atom. The molecule has 0 aliphatic rings. The molecule has 0 aliphatic carbocycles. The van der Waals surface area contributed by atoms with Crippen LogP contribution in [0.25, 0.3) is 0 Å². The second kappa shape index (κ2) is 29.5. The summed E-state index contributed by atoms with van der Waals surface area (Å²) < 4.78 is 0. The highest BCUT2D eigenvalue weighted by molar-refractivity contribution is 5.92. The molecule has 7 heteroatoms. The maximum atomic E-state index is 12.7. The monoisotopic (exact) mass is 655 g/mol. The summed E-state index contributed by atoms with van der Waals surface area (Å²) in [5.41, 5.74) is -4.87. The third kappa shape index (κ3) is 20.6. The molecule has 0 saturated carbocycles. The summed E-state index contributed by atoms with van der Waals surface area (Å²) in [5.74, 6) is -4.67. The van der Waals surface area contributed by atoms with Crippen molar-refractivity contribution in [2.45, 2.75) is 225 Å². The molecule has 46 heavy (non-hydrogen) atoms. The highest BCUT2D eigenvalue weighted by atomic mass is 16.4. The fourth-order valence-corrected chi connectivity index (χ4v) is 7.02. The zero-order valence-corrected chi connectivity index (χ0v) is 30.1. The van der Waals surface area contributed by atoms with E-state index in [1.165, 1.54) is 122 Å². The van der Waals surface area contributed by atoms with Gasteiger partial charge in [-0.1, -0.05) is 200 Å². The number of carboxylic acid groups (broad SMARTS) is 3. The van der Waals surface area contributed by atoms with Crippen molar-refractivity contribution < 1.29 is 34.8 Å². The molecule has 0 heterocycles. The van der Waals surface area contributed by atoms with Crippen molar-refractivity contribution in [3.8, 4) is 0 Å². The zero-order valence-electron chi connectivity index (χ0n) is 30.1. The molecule has 0 fully saturated rings. The number of rotatable bonds is 36. The number of carbonyl (C=O) groups is 3. The van der Waals surface area contributed by atoms with Gasteiger partial charge >= 0.3 is 17.9 Å². The Bertz CT molecular complexity index is 755. The Kier molecular flexibility index (Phi) is 28.5. The van der Waals surface area contributed by atoms with Gasteiger partial charge in [0.2, 0.25) is 0 Å². The number of unbranched alkanes of at least 4 members (excludes halogenated alkanes) is 27. The predicted molar refractivity (Wildman–Crippen MR) is 189 cm³/mol. The minimum absolute atomic E-state index is 0.0326. The van der Waals surface area contributed by atoms with Gasteiger partial charge in [0.1, 0.15) is 5.41 Å². The third-order valence-corrected chi connectivity index (χ3v) is 10.1. The summed E-state index contributed by atoms with van der Waals surface area (Å²) in [4.78, 5) is 36.5. The van der Waals surface area contributed by atoms with E-state index in [-0.39, 0.29) is 12.8 Å². The van der Waals surface area contributed by atoms with Gasteiger partial charge in [0, 0.05) is 0 Å². The molecule has 4 N–H and O–H groups in total. The number of hydrogen-bond acceptors (Lipinski definition) is 4. The quantitative estimate of drug-likeness (QED) is 0.0494. The molecule has 0 bridgehead atoms. The summed E-state index contributed by atoms with van der Waals surface area (Å²) in [6, 6.07) is 0. The van der Waals surface area contributed by atoms with Crippen molar-refractivity contribution in [3.63, 3.8) is 0 Å². The predicted octanol–water partition coefficient (Wildman–Crippen LogP) is 11.5. The minimum atomic E-state index is -2.85. The standard InChI is InChI=1S/C39H74O7/c1-3-5-7-9-11-13-15-17-19-21-23-25-27-29-31-33-38(36(42)43,39(46,37(44)45)34-35(40)41)32-30-28-26-24-22-20-18-16-14-12-10-8-6-4-2/h46H,3-34H2,1-2H3,(H,40,41)(H,42,43)(H,44,45). The minimum Gasteiger partial charge on any atom is -0.481 e. The van der Waals surface area contributed by atoms with Gasteiger partial charge in [-0.05, 0) is 12.8 Å². The van der Waals surface area contributed by atoms with Crippen molar-refractivity contribution in [1.29, 1.82) is 0 Å². The lowest BCUT2D eigenvalue weighted by molar-refractivity contribution is -0.196. The maximum Gasteiger partial charge on any atom is 0.337 e. The van der Waals surface area contributed by atoms with E-state index >= 15 is 0 Å². The van der Waals surface area contributed by atoms with E-state index in [0.717, 1.165) is 51.4 Å². The molecule has 2 unspecified atom stereocenters. The summed E-state index contributed by atoms with van der Waals surface area (Å²) in [5, 5.41) is 40.9. The van der Waals surface area contributed by atoms with Crippen molar-refractivity contribution in [3.05, 3.63) is 0 Å². The van der Waals surface area contributed by atoms with Crippen LogP contribution < -0.4 is 0 Å². The van der Waals surface area contributed by atoms with Gasteiger partial charge in [0.15, 0.2) is 5.60 Å². The van der Waals surface area contributed by atoms with E-state index in [0.29, 0.717) is 12.8 Å². The summed E-state index contributed by atoms with van der Waals surface area (Å²) in [7, 11) is 0. The van der Waals surface area contributed by atoms with Crippen LogP contribution in [0.15, 0.2) is 0 Å². The van der Waals surface area contributed by atoms with Gasteiger partial charge in [-0.2, -0.15) is 0 Å². The van der Waals surface area contributed by atoms with Crippen LogP contribution in [0.5, 0.6) is 0 Å². The lowest BCUT2D eigenvalue weighted by Crippen LogP contribution is -2.59. The van der Waals surface area contributed by atoms with Crippen LogP contribution >= 0.6 is 0 Å². The summed E-state index contributed by atoms with van der Waals surface area (Å²) in [6.45, 7) is 4.48. The molecule has 0 radical (unpaired) electrons. The molecule has 0 aliphatic heterocycles. The van der Waals surface area contributed by atoms with Crippen molar-refractivity contribution in [2.75, 3.05) is 0 Å². The van der Waals surface area contributed by atoms with E-state index < -0.39 is 35.3 Å². The van der Waals surface area contributed by atoms with E-state index in [4.69, 9.17) is 0 Å². The molecule has 0 saturated heterocycles. The number of aliphatic hydroxyl groups is 1. The van der Waals surface area contributed by atoms with E-state index in [1.807, 2.05) is 0 Å². The van der Waals surface area contributed by atoms with Gasteiger partial charge < -0.3 is 20.4 Å². The lowest BCUT2D eigenvalue weighted by Gasteiger charge is -2.41. The number of carboxylic acids is 3. The molecule has 7 nitrogen and oxygen atoms in total. The number of hydrogen-bond donors (Lipinski definition) is 4. The molecule has 0 aromatic rings. The first kappa shape index (κ1) is 44.4. The highest BCUT2D eigenvalue weighted by Crippen LogP contribution is 2.45. The molecule has 0 rings (SSSR count). The second-order valence-electron chi connectivity index (χ2n) is 14.2. The molecule has 0 spiro atoms. The third-order valence-electron chi connectivity index (χ3n) is 10.1. The van der Waals surface area contributed by atoms with Crippen molar-refractivity contribution in [2.24, 2.45) is 5.41 Å². The van der Waals surface area contributed by atoms with Crippen LogP contribution in [0, 0.1) is 5.41 Å². The molecule has 272 valence electrons. The first-order valence-electron chi connectivity index (χ1n) is 19.6. The SMILES string of the molecule is CCCCCCCCCCCCCCCCCC(CCCCCCCCCCCCCCCC)(C(=O)O)C(O)(CC(=O)O)C(=O)O. The molecule has 0 amide bonds. The van der Waals surface area contributed by atoms with Crippen LogP contribution in [0.3, 0.4) is 0 Å². The van der Waals surface area contributed by atoms with Crippen molar-refractivity contribution in [1.82, 2.24) is 0 Å². The fraction of sp³-hybridized carbons (Fsp3) is 0.923. The maximum absolute atomic E-state index is 12.7. The van der Waals surface area contributed by atoms with E-state index in [9.17, 15) is 34.8 Å². The van der Waals surface area contributed by atoms with E-state index in [1.54, 1.807) is 0 Å². The Labute approximate surface area is 282 Å². The number of aliphatic carboxylic acids is 3. The zero-order chi connectivity index (χ0) is 34.4. The Morgan fingerprint density at radius 1 is 0.391 bits per heavy atom. The van der Waals surface area contributed by atoms with Gasteiger partial charge in [-0.3, -0.25) is 9.59 Å². The topological polar surface area (TPSA) is 132 Å². The molecular formula is C39H74O7. The lowest BCUT2D eigenvalue weighted by atomic mass is 9.64. The Morgan fingerprint density at radius 2 is 0.630 bits per heavy atom. The first-order chi connectivity index (χ1) is 22.2. The Balaban J connectivity index is 4.58. The fourth-order valence-electron chi connectivity index (χ4n) is 7.02. The molecule has 0 aromatic heterocycles.